The van der Waals surface area contributed by atoms with Gasteiger partial charge in [0, 0.05) is 5.56 Å². The molecular formula is C26H28F4. The lowest BCUT2D eigenvalue weighted by molar-refractivity contribution is 0.114. The van der Waals surface area contributed by atoms with Crippen LogP contribution in [0, 0.1) is 41.0 Å². The average Bonchev–Trinajstić information content (AvgIpc) is 2.75. The van der Waals surface area contributed by atoms with E-state index in [1.54, 1.807) is 12.1 Å². The number of rotatable bonds is 5. The molecule has 0 N–H and O–H groups in total. The van der Waals surface area contributed by atoms with Crippen molar-refractivity contribution in [1.29, 1.82) is 0 Å². The zero-order chi connectivity index (χ0) is 21.3. The largest absolute Gasteiger partial charge is 0.207 e. The highest BCUT2D eigenvalue weighted by molar-refractivity contribution is 5.65. The molecule has 0 bridgehead atoms. The molecule has 160 valence electrons. The molecule has 4 heteroatoms. The van der Waals surface area contributed by atoms with Crippen molar-refractivity contribution in [2.45, 2.75) is 57.3 Å². The van der Waals surface area contributed by atoms with Crippen LogP contribution in [0.2, 0.25) is 0 Å². The molecule has 0 radical (unpaired) electrons. The van der Waals surface area contributed by atoms with Crippen LogP contribution in [-0.2, 0) is 0 Å². The first-order valence-corrected chi connectivity index (χ1v) is 11.0. The molecule has 2 saturated carbocycles. The maximum absolute atomic E-state index is 15.0. The molecule has 30 heavy (non-hydrogen) atoms. The van der Waals surface area contributed by atoms with Gasteiger partial charge in [-0.2, -0.15) is 0 Å². The molecule has 0 nitrogen and oxygen atoms in total. The third-order valence-electron chi connectivity index (χ3n) is 7.29. The fourth-order valence-corrected chi connectivity index (χ4v) is 5.66. The van der Waals surface area contributed by atoms with Crippen molar-refractivity contribution in [1.82, 2.24) is 0 Å². The van der Waals surface area contributed by atoms with E-state index in [9.17, 15) is 17.6 Å². The molecule has 4 atom stereocenters. The van der Waals surface area contributed by atoms with Crippen molar-refractivity contribution >= 4 is 0 Å². The highest BCUT2D eigenvalue weighted by atomic mass is 19.2. The smallest absolute Gasteiger partial charge is 0.195 e. The Hall–Kier alpha value is -2.10. The predicted octanol–water partition coefficient (Wildman–Crippen LogP) is 8.18. The number of hydrogen-bond acceptors (Lipinski definition) is 0. The van der Waals surface area contributed by atoms with Gasteiger partial charge in [-0.3, -0.25) is 0 Å². The maximum atomic E-state index is 15.0. The molecule has 0 saturated heterocycles. The Bertz CT molecular complexity index is 919. The molecule has 2 aliphatic carbocycles. The lowest BCUT2D eigenvalue weighted by atomic mass is 9.63. The van der Waals surface area contributed by atoms with Crippen LogP contribution in [0.1, 0.15) is 62.8 Å². The fourth-order valence-electron chi connectivity index (χ4n) is 5.66. The zero-order valence-electron chi connectivity index (χ0n) is 17.1. The number of fused-ring (bicyclic) bond motifs is 1. The summed E-state index contributed by atoms with van der Waals surface area (Å²) in [4.78, 5) is 0. The van der Waals surface area contributed by atoms with Gasteiger partial charge in [0.25, 0.3) is 0 Å². The molecule has 4 rings (SSSR count). The summed E-state index contributed by atoms with van der Waals surface area (Å²) in [5, 5.41) is 0. The molecule has 0 spiro atoms. The Balaban J connectivity index is 1.47. The molecule has 2 fully saturated rings. The van der Waals surface area contributed by atoms with E-state index in [1.165, 1.54) is 31.7 Å². The number of benzene rings is 2. The van der Waals surface area contributed by atoms with Crippen molar-refractivity contribution in [2.24, 2.45) is 17.8 Å². The molecule has 2 aromatic carbocycles. The molecule has 2 aromatic rings. The summed E-state index contributed by atoms with van der Waals surface area (Å²) < 4.78 is 55.8. The van der Waals surface area contributed by atoms with E-state index < -0.39 is 17.5 Å². The average molecular weight is 417 g/mol. The first kappa shape index (κ1) is 21.1. The highest BCUT2D eigenvalue weighted by Crippen LogP contribution is 2.49. The van der Waals surface area contributed by atoms with Crippen molar-refractivity contribution in [3.05, 3.63) is 71.8 Å². The SMILES string of the molecule is C=CCCC1CCC2CC(c3ccc(-c4ccc(F)c(F)c4F)cc3F)CCC2C1. The van der Waals surface area contributed by atoms with Gasteiger partial charge < -0.3 is 0 Å². The molecule has 0 heterocycles. The van der Waals surface area contributed by atoms with E-state index in [4.69, 9.17) is 0 Å². The Morgan fingerprint density at radius 3 is 2.37 bits per heavy atom. The quantitative estimate of drug-likeness (QED) is 0.262. The first-order valence-electron chi connectivity index (χ1n) is 11.0. The summed E-state index contributed by atoms with van der Waals surface area (Å²) in [7, 11) is 0. The monoisotopic (exact) mass is 416 g/mol. The van der Waals surface area contributed by atoms with Crippen molar-refractivity contribution < 1.29 is 17.6 Å². The summed E-state index contributed by atoms with van der Waals surface area (Å²) >= 11 is 0. The van der Waals surface area contributed by atoms with Gasteiger partial charge >= 0.3 is 0 Å². The third kappa shape index (κ3) is 4.19. The van der Waals surface area contributed by atoms with Crippen molar-refractivity contribution in [3.8, 4) is 11.1 Å². The van der Waals surface area contributed by atoms with Gasteiger partial charge in [-0.15, -0.1) is 6.58 Å². The maximum Gasteiger partial charge on any atom is 0.195 e. The van der Waals surface area contributed by atoms with E-state index in [-0.39, 0.29) is 22.9 Å². The Labute approximate surface area is 176 Å². The second-order valence-electron chi connectivity index (χ2n) is 9.03. The van der Waals surface area contributed by atoms with Gasteiger partial charge in [-0.1, -0.05) is 24.6 Å². The summed E-state index contributed by atoms with van der Waals surface area (Å²) in [6, 6.07) is 6.59. The second kappa shape index (κ2) is 8.95. The van der Waals surface area contributed by atoms with Crippen LogP contribution in [0.25, 0.3) is 11.1 Å². The van der Waals surface area contributed by atoms with E-state index in [2.05, 4.69) is 6.58 Å². The number of hydrogen-bond donors (Lipinski definition) is 0. The topological polar surface area (TPSA) is 0 Å². The van der Waals surface area contributed by atoms with E-state index in [0.717, 1.165) is 49.7 Å². The summed E-state index contributed by atoms with van der Waals surface area (Å²) in [6.45, 7) is 3.83. The van der Waals surface area contributed by atoms with Crippen LogP contribution in [-0.4, -0.2) is 0 Å². The van der Waals surface area contributed by atoms with Gasteiger partial charge in [0.2, 0.25) is 0 Å². The molecular weight excluding hydrogens is 388 g/mol. The highest BCUT2D eigenvalue weighted by Gasteiger charge is 2.36. The first-order chi connectivity index (χ1) is 14.5. The second-order valence-corrected chi connectivity index (χ2v) is 9.03. The summed E-state index contributed by atoms with van der Waals surface area (Å²) in [6.07, 6.45) is 11.1. The lowest BCUT2D eigenvalue weighted by Gasteiger charge is -2.42. The molecule has 0 aromatic heterocycles. The minimum Gasteiger partial charge on any atom is -0.207 e. The third-order valence-corrected chi connectivity index (χ3v) is 7.29. The predicted molar refractivity (Wildman–Crippen MR) is 112 cm³/mol. The van der Waals surface area contributed by atoms with Gasteiger partial charge in [0.1, 0.15) is 5.82 Å². The Morgan fingerprint density at radius 2 is 1.60 bits per heavy atom. The minimum atomic E-state index is -1.53. The Morgan fingerprint density at radius 1 is 0.833 bits per heavy atom. The zero-order valence-corrected chi connectivity index (χ0v) is 17.1. The van der Waals surface area contributed by atoms with Crippen LogP contribution in [0.15, 0.2) is 43.0 Å². The fraction of sp³-hybridized carbons (Fsp3) is 0.462. The molecule has 2 aliphatic rings. The molecule has 4 unspecified atom stereocenters. The van der Waals surface area contributed by atoms with Gasteiger partial charge in [-0.05, 0) is 97.9 Å². The van der Waals surface area contributed by atoms with Crippen LogP contribution >= 0.6 is 0 Å². The van der Waals surface area contributed by atoms with Crippen LogP contribution in [0.4, 0.5) is 17.6 Å². The van der Waals surface area contributed by atoms with E-state index in [0.29, 0.717) is 11.5 Å². The molecule has 0 amide bonds. The normalized spacial score (nSPS) is 26.3. The van der Waals surface area contributed by atoms with Crippen molar-refractivity contribution in [2.75, 3.05) is 0 Å². The van der Waals surface area contributed by atoms with Crippen LogP contribution in [0.3, 0.4) is 0 Å². The Kier molecular flexibility index (Phi) is 6.31. The lowest BCUT2D eigenvalue weighted by Crippen LogP contribution is -2.30. The van der Waals surface area contributed by atoms with E-state index in [1.807, 2.05) is 6.08 Å². The van der Waals surface area contributed by atoms with Gasteiger partial charge in [-0.25, -0.2) is 17.6 Å². The van der Waals surface area contributed by atoms with Gasteiger partial charge in [0.05, 0.1) is 0 Å². The van der Waals surface area contributed by atoms with E-state index >= 15 is 0 Å². The number of halogens is 4. The summed E-state index contributed by atoms with van der Waals surface area (Å²) in [5.41, 5.74) is 0.763. The molecule has 0 aliphatic heterocycles. The summed E-state index contributed by atoms with van der Waals surface area (Å²) in [5.74, 6) is -2.10. The minimum absolute atomic E-state index is 0.124. The number of allylic oxidation sites excluding steroid dienone is 1. The van der Waals surface area contributed by atoms with Gasteiger partial charge in [0.15, 0.2) is 17.5 Å². The van der Waals surface area contributed by atoms with Crippen molar-refractivity contribution in [3.63, 3.8) is 0 Å². The van der Waals surface area contributed by atoms with Crippen LogP contribution < -0.4 is 0 Å². The van der Waals surface area contributed by atoms with Crippen LogP contribution in [0.5, 0.6) is 0 Å². The standard InChI is InChI=1S/C26H28F4/c1-2-3-4-16-5-6-18-14-19(8-7-17(18)13-16)21-10-9-20(15-24(21)28)22-11-12-23(27)26(30)25(22)29/h2,9-12,15-19H,1,3-8,13-14H2.